The molecule has 2 nitrogen and oxygen atoms in total. The normalized spacial score (nSPS) is 20.8. The monoisotopic (exact) mass is 282 g/mol. The molecule has 1 aromatic carbocycles. The van der Waals surface area contributed by atoms with Crippen LogP contribution >= 0.6 is 0 Å². The van der Waals surface area contributed by atoms with Gasteiger partial charge in [0, 0.05) is 6.42 Å². The van der Waals surface area contributed by atoms with E-state index in [1.165, 1.54) is 44.5 Å². The van der Waals surface area contributed by atoms with Crippen molar-refractivity contribution in [3.63, 3.8) is 0 Å². The summed E-state index contributed by atoms with van der Waals surface area (Å²) in [5.41, 5.74) is 10.5. The number of hydrogen-bond donors (Lipinski definition) is 0. The second-order valence-corrected chi connectivity index (χ2v) is 6.21. The molecule has 2 aliphatic rings. The lowest BCUT2D eigenvalue weighted by molar-refractivity contribution is -0.146. The Labute approximate surface area is 126 Å². The number of hydrogen-bond acceptors (Lipinski definition) is 2. The molecule has 2 heteroatoms. The third-order valence-electron chi connectivity index (χ3n) is 5.12. The fraction of sp³-hybridized carbons (Fsp3) is 0.421. The maximum atomic E-state index is 11.6. The van der Waals surface area contributed by atoms with Crippen LogP contribution < -0.4 is 0 Å². The van der Waals surface area contributed by atoms with Gasteiger partial charge in [-0.1, -0.05) is 12.2 Å². The lowest BCUT2D eigenvalue weighted by Gasteiger charge is -2.27. The number of carbonyl (C=O) groups excluding carboxylic acids is 1. The zero-order valence-corrected chi connectivity index (χ0v) is 13.5. The number of esters is 1. The van der Waals surface area contributed by atoms with Crippen molar-refractivity contribution in [1.29, 1.82) is 0 Å². The summed E-state index contributed by atoms with van der Waals surface area (Å²) in [6.45, 7) is 10.9. The quantitative estimate of drug-likeness (QED) is 0.658. The van der Waals surface area contributed by atoms with Gasteiger partial charge in [-0.15, -0.1) is 0 Å². The van der Waals surface area contributed by atoms with E-state index in [2.05, 4.69) is 46.8 Å². The average molecular weight is 282 g/mol. The van der Waals surface area contributed by atoms with Crippen molar-refractivity contribution in [1.82, 2.24) is 0 Å². The molecule has 1 aliphatic carbocycles. The van der Waals surface area contributed by atoms with Gasteiger partial charge in [-0.05, 0) is 79.1 Å². The first-order chi connectivity index (χ1) is 9.91. The molecule has 0 bridgehead atoms. The second kappa shape index (κ2) is 4.87. The fourth-order valence-electron chi connectivity index (χ4n) is 3.59. The highest BCUT2D eigenvalue weighted by atomic mass is 16.5. The molecule has 0 saturated carbocycles. The minimum Gasteiger partial charge on any atom is -0.457 e. The highest BCUT2D eigenvalue weighted by molar-refractivity contribution is 5.90. The topological polar surface area (TPSA) is 26.3 Å². The van der Waals surface area contributed by atoms with Gasteiger partial charge in [0.1, 0.15) is 6.10 Å². The first-order valence-electron chi connectivity index (χ1n) is 7.59. The van der Waals surface area contributed by atoms with Crippen LogP contribution in [-0.4, -0.2) is 12.1 Å². The molecule has 0 spiro atoms. The smallest absolute Gasteiger partial charge is 0.310 e. The third-order valence-corrected chi connectivity index (χ3v) is 5.12. The molecule has 1 unspecified atom stereocenters. The standard InChI is InChI=1S/C19H22O2/c1-10-6-8-16-15(7-9-17(20)21-16)19-14(5)12(3)11(2)13(4)18(10)19/h6-7,16H,8-9H2,1-5H3. The molecule has 1 aliphatic heterocycles. The van der Waals surface area contributed by atoms with Gasteiger partial charge in [0.25, 0.3) is 0 Å². The number of carbonyl (C=O) groups is 1. The molecule has 1 aromatic rings. The van der Waals surface area contributed by atoms with Crippen LogP contribution in [0, 0.1) is 27.7 Å². The Bertz CT molecular complexity index is 705. The molecule has 0 fully saturated rings. The minimum absolute atomic E-state index is 0.114. The van der Waals surface area contributed by atoms with Gasteiger partial charge in [0.15, 0.2) is 0 Å². The average Bonchev–Trinajstić information content (AvgIpc) is 2.60. The molecule has 0 radical (unpaired) electrons. The Morgan fingerprint density at radius 2 is 1.52 bits per heavy atom. The van der Waals surface area contributed by atoms with Crippen molar-refractivity contribution < 1.29 is 9.53 Å². The summed E-state index contributed by atoms with van der Waals surface area (Å²) in [4.78, 5) is 11.6. The molecule has 3 rings (SSSR count). The Morgan fingerprint density at radius 3 is 2.19 bits per heavy atom. The highest BCUT2D eigenvalue weighted by Crippen LogP contribution is 2.42. The molecule has 110 valence electrons. The molecule has 1 atom stereocenters. The Balaban J connectivity index is 2.37. The second-order valence-electron chi connectivity index (χ2n) is 6.21. The van der Waals surface area contributed by atoms with Gasteiger partial charge in [0.05, 0.1) is 6.42 Å². The van der Waals surface area contributed by atoms with E-state index in [1.807, 2.05) is 0 Å². The Kier molecular flexibility index (Phi) is 3.27. The first-order valence-corrected chi connectivity index (χ1v) is 7.59. The summed E-state index contributed by atoms with van der Waals surface area (Å²) >= 11 is 0. The van der Waals surface area contributed by atoms with E-state index in [4.69, 9.17) is 4.74 Å². The van der Waals surface area contributed by atoms with Crippen molar-refractivity contribution in [3.8, 4) is 0 Å². The van der Waals surface area contributed by atoms with Crippen LogP contribution in [0.25, 0.3) is 11.1 Å². The first kappa shape index (κ1) is 14.1. The maximum absolute atomic E-state index is 11.6. The summed E-state index contributed by atoms with van der Waals surface area (Å²) in [5.74, 6) is -0.114. The zero-order chi connectivity index (χ0) is 15.3. The van der Waals surface area contributed by atoms with Gasteiger partial charge in [0.2, 0.25) is 0 Å². The molecule has 0 amide bonds. The molecule has 0 saturated heterocycles. The molecule has 0 N–H and O–H groups in total. The van der Waals surface area contributed by atoms with Crippen molar-refractivity contribution >= 4 is 17.1 Å². The highest BCUT2D eigenvalue weighted by Gasteiger charge is 2.30. The van der Waals surface area contributed by atoms with Gasteiger partial charge < -0.3 is 4.74 Å². The van der Waals surface area contributed by atoms with Crippen LogP contribution in [0.5, 0.6) is 0 Å². The van der Waals surface area contributed by atoms with E-state index in [0.29, 0.717) is 6.42 Å². The van der Waals surface area contributed by atoms with Crippen molar-refractivity contribution in [2.24, 2.45) is 0 Å². The van der Waals surface area contributed by atoms with Crippen LogP contribution in [0.15, 0.2) is 12.2 Å². The van der Waals surface area contributed by atoms with Gasteiger partial charge in [-0.3, -0.25) is 4.79 Å². The van der Waals surface area contributed by atoms with E-state index in [9.17, 15) is 4.79 Å². The molecular formula is C19H22O2. The van der Waals surface area contributed by atoms with Crippen LogP contribution in [0.3, 0.4) is 0 Å². The summed E-state index contributed by atoms with van der Waals surface area (Å²) < 4.78 is 5.59. The fourth-order valence-corrected chi connectivity index (χ4v) is 3.59. The number of fused-ring (bicyclic) bond motifs is 3. The largest absolute Gasteiger partial charge is 0.457 e. The van der Waals surface area contributed by atoms with E-state index >= 15 is 0 Å². The summed E-state index contributed by atoms with van der Waals surface area (Å²) in [7, 11) is 0. The lowest BCUT2D eigenvalue weighted by atomic mass is 9.82. The predicted octanol–water partition coefficient (Wildman–Crippen LogP) is 4.43. The number of rotatable bonds is 0. The van der Waals surface area contributed by atoms with E-state index in [-0.39, 0.29) is 12.1 Å². The summed E-state index contributed by atoms with van der Waals surface area (Å²) in [5, 5.41) is 0. The molecular weight excluding hydrogens is 260 g/mol. The number of benzene rings is 1. The molecule has 1 heterocycles. The summed E-state index contributed by atoms with van der Waals surface area (Å²) in [6, 6.07) is 0. The Hall–Kier alpha value is -1.83. The predicted molar refractivity (Wildman–Crippen MR) is 86.1 cm³/mol. The van der Waals surface area contributed by atoms with Gasteiger partial charge >= 0.3 is 5.97 Å². The number of allylic oxidation sites excluding steroid dienone is 1. The minimum atomic E-state index is -0.123. The van der Waals surface area contributed by atoms with Gasteiger partial charge in [-0.2, -0.15) is 0 Å². The van der Waals surface area contributed by atoms with Gasteiger partial charge in [-0.25, -0.2) is 0 Å². The maximum Gasteiger partial charge on any atom is 0.310 e. The molecule has 21 heavy (non-hydrogen) atoms. The molecule has 0 aromatic heterocycles. The summed E-state index contributed by atoms with van der Waals surface area (Å²) in [6.07, 6.45) is 5.32. The van der Waals surface area contributed by atoms with Crippen LogP contribution in [0.1, 0.15) is 53.1 Å². The van der Waals surface area contributed by atoms with Crippen molar-refractivity contribution in [3.05, 3.63) is 45.5 Å². The number of ether oxygens (including phenoxy) is 1. The van der Waals surface area contributed by atoms with E-state index in [0.717, 1.165) is 6.42 Å². The van der Waals surface area contributed by atoms with E-state index in [1.54, 1.807) is 0 Å². The van der Waals surface area contributed by atoms with Crippen LogP contribution in [-0.2, 0) is 9.53 Å². The lowest BCUT2D eigenvalue weighted by Crippen LogP contribution is -2.23. The zero-order valence-electron chi connectivity index (χ0n) is 13.5. The SMILES string of the molecule is CC1=CCC2OC(=O)CC=C2c2c(C)c(C)c(C)c(C)c21. The van der Waals surface area contributed by atoms with Crippen LogP contribution in [0.4, 0.5) is 0 Å². The van der Waals surface area contributed by atoms with Crippen LogP contribution in [0.2, 0.25) is 0 Å². The Morgan fingerprint density at radius 1 is 0.905 bits per heavy atom. The van der Waals surface area contributed by atoms with Crippen molar-refractivity contribution in [2.75, 3.05) is 0 Å². The van der Waals surface area contributed by atoms with E-state index < -0.39 is 0 Å². The third kappa shape index (κ3) is 2.05. The van der Waals surface area contributed by atoms with Crippen molar-refractivity contribution in [2.45, 2.75) is 53.6 Å².